The quantitative estimate of drug-likeness (QED) is 0.0135. The Kier molecular flexibility index (Phi) is 35.3. The van der Waals surface area contributed by atoms with Crippen LogP contribution in [0.25, 0.3) is 0 Å². The predicted octanol–water partition coefficient (Wildman–Crippen LogP) is 17.4. The number of rotatable bonds is 46. The average Bonchev–Trinajstić information content (AvgIpc) is 3.43. The van der Waals surface area contributed by atoms with Crippen LogP contribution in [0.15, 0.2) is 73.8 Å². The van der Waals surface area contributed by atoms with Gasteiger partial charge in [0.1, 0.15) is 11.5 Å². The summed E-state index contributed by atoms with van der Waals surface area (Å²) in [4.78, 5) is 47.6. The fraction of sp³-hybridized carbons (Fsp3) is 0.581. The summed E-state index contributed by atoms with van der Waals surface area (Å²) in [5.41, 5.74) is -0.294. The lowest BCUT2D eigenvalue weighted by Gasteiger charge is -2.13. The number of hydrogen-bond donors (Lipinski definition) is 0. The molecule has 0 aliphatic carbocycles. The zero-order valence-corrected chi connectivity index (χ0v) is 45.2. The van der Waals surface area contributed by atoms with E-state index in [1.807, 2.05) is 0 Å². The molecule has 14 heteroatoms. The molecule has 0 aromatic heterocycles. The fourth-order valence-corrected chi connectivity index (χ4v) is 8.65. The summed E-state index contributed by atoms with van der Waals surface area (Å²) in [6.45, 7) is 8.66. The van der Waals surface area contributed by atoms with Gasteiger partial charge < -0.3 is 28.4 Å². The highest BCUT2D eigenvalue weighted by Gasteiger charge is 2.31. The van der Waals surface area contributed by atoms with E-state index in [2.05, 4.69) is 13.2 Å². The summed E-state index contributed by atoms with van der Waals surface area (Å²) in [6.07, 6.45) is 39.7. The van der Waals surface area contributed by atoms with Gasteiger partial charge in [-0.3, -0.25) is 0 Å². The van der Waals surface area contributed by atoms with Crippen molar-refractivity contribution in [1.29, 1.82) is 0 Å². The molecule has 0 unspecified atom stereocenters. The van der Waals surface area contributed by atoms with Gasteiger partial charge in [-0.05, 0) is 74.2 Å². The Bertz CT molecular complexity index is 1930. The van der Waals surface area contributed by atoms with E-state index in [0.717, 1.165) is 64.2 Å². The van der Waals surface area contributed by atoms with E-state index >= 15 is 17.6 Å². The van der Waals surface area contributed by atoms with Crippen molar-refractivity contribution in [2.45, 2.75) is 205 Å². The molecule has 0 heterocycles. The second kappa shape index (κ2) is 41.5. The Morgan fingerprint density at radius 2 is 0.539 bits per heavy atom. The van der Waals surface area contributed by atoms with Gasteiger partial charge in [-0.2, -0.15) is 17.6 Å². The molecule has 0 aliphatic heterocycles. The first-order valence-corrected chi connectivity index (χ1v) is 28.4. The van der Waals surface area contributed by atoms with Crippen molar-refractivity contribution in [3.63, 3.8) is 0 Å². The number of ether oxygens (including phenoxy) is 6. The highest BCUT2D eigenvalue weighted by atomic mass is 19.2. The SMILES string of the molecule is C=CC(=O)OCCCCCCCCCCCCCCCCCCOc1ccc(C(=O)Oc2c(F)c(F)c(OC(=O)c3ccc(OCCCCCCCCCCCCCCCCCCOC(=O)C=C)cc3)c(F)c2F)cc1. The smallest absolute Gasteiger partial charge is 0.343 e. The topological polar surface area (TPSA) is 124 Å². The minimum Gasteiger partial charge on any atom is -0.494 e. The van der Waals surface area contributed by atoms with Gasteiger partial charge in [-0.1, -0.05) is 193 Å². The van der Waals surface area contributed by atoms with Crippen LogP contribution < -0.4 is 18.9 Å². The van der Waals surface area contributed by atoms with Gasteiger partial charge in [0, 0.05) is 12.2 Å². The molecular weight excluding hydrogens is 981 g/mol. The highest BCUT2D eigenvalue weighted by Crippen LogP contribution is 2.36. The molecule has 0 saturated heterocycles. The Morgan fingerprint density at radius 1 is 0.329 bits per heavy atom. The van der Waals surface area contributed by atoms with Gasteiger partial charge in [0.05, 0.1) is 37.6 Å². The van der Waals surface area contributed by atoms with Crippen LogP contribution in [0.5, 0.6) is 23.0 Å². The van der Waals surface area contributed by atoms with Crippen molar-refractivity contribution in [3.05, 3.63) is 108 Å². The van der Waals surface area contributed by atoms with Crippen LogP contribution in [0.2, 0.25) is 0 Å². The summed E-state index contributed by atoms with van der Waals surface area (Å²) in [7, 11) is 0. The number of hydrogen-bond acceptors (Lipinski definition) is 10. The second-order valence-electron chi connectivity index (χ2n) is 19.5. The standard InChI is InChI=1S/C62H86F4O10/c1-3-53(67)73-47-35-31-27-23-19-15-11-7-5-9-13-17-21-25-29-33-45-71-51-41-37-49(38-42-51)61(69)75-59-55(63)57(65)60(58(66)56(59)64)76-62(70)50-39-43-52(44-40-50)72-46-34-30-26-22-18-14-10-6-8-12-16-20-24-28-32-36-48-74-54(68)4-2/h3-4,37-44H,1-2,5-36,45-48H2. The molecule has 0 spiro atoms. The molecule has 3 rings (SSSR count). The van der Waals surface area contributed by atoms with Crippen molar-refractivity contribution < 1.29 is 65.2 Å². The van der Waals surface area contributed by atoms with E-state index in [4.69, 9.17) is 28.4 Å². The van der Waals surface area contributed by atoms with E-state index in [0.29, 0.717) is 37.9 Å². The van der Waals surface area contributed by atoms with Crippen LogP contribution in [0, 0.1) is 23.3 Å². The largest absolute Gasteiger partial charge is 0.494 e. The third-order valence-electron chi connectivity index (χ3n) is 13.2. The van der Waals surface area contributed by atoms with Crippen molar-refractivity contribution in [2.75, 3.05) is 26.4 Å². The predicted molar refractivity (Wildman–Crippen MR) is 290 cm³/mol. The van der Waals surface area contributed by atoms with E-state index < -0.39 is 46.7 Å². The summed E-state index contributed by atoms with van der Waals surface area (Å²) >= 11 is 0. The summed E-state index contributed by atoms with van der Waals surface area (Å²) < 4.78 is 91.2. The summed E-state index contributed by atoms with van der Waals surface area (Å²) in [5.74, 6) is -13.7. The molecule has 0 N–H and O–H groups in total. The number of carbonyl (C=O) groups is 4. The Labute approximate surface area is 450 Å². The second-order valence-corrected chi connectivity index (χ2v) is 19.5. The van der Waals surface area contributed by atoms with Gasteiger partial charge in [-0.25, -0.2) is 19.2 Å². The lowest BCUT2D eigenvalue weighted by atomic mass is 10.0. The van der Waals surface area contributed by atoms with E-state index in [9.17, 15) is 19.2 Å². The molecule has 76 heavy (non-hydrogen) atoms. The molecule has 0 aliphatic rings. The van der Waals surface area contributed by atoms with Gasteiger partial charge in [-0.15, -0.1) is 0 Å². The maximum absolute atomic E-state index is 15.1. The molecule has 3 aromatic rings. The Hall–Kier alpha value is -5.66. The van der Waals surface area contributed by atoms with Crippen LogP contribution >= 0.6 is 0 Å². The maximum atomic E-state index is 15.1. The van der Waals surface area contributed by atoms with Crippen LogP contribution in [0.3, 0.4) is 0 Å². The molecular formula is C62H86F4O10. The molecule has 422 valence electrons. The zero-order valence-electron chi connectivity index (χ0n) is 45.2. The molecule has 3 aromatic carbocycles. The molecule has 0 fully saturated rings. The van der Waals surface area contributed by atoms with Crippen LogP contribution in [-0.4, -0.2) is 50.3 Å². The monoisotopic (exact) mass is 1070 g/mol. The van der Waals surface area contributed by atoms with Gasteiger partial charge in [0.2, 0.25) is 34.8 Å². The van der Waals surface area contributed by atoms with Crippen molar-refractivity contribution >= 4 is 23.9 Å². The highest BCUT2D eigenvalue weighted by molar-refractivity contribution is 5.92. The molecule has 10 nitrogen and oxygen atoms in total. The summed E-state index contributed by atoms with van der Waals surface area (Å²) in [5, 5.41) is 0. The number of esters is 4. The average molecular weight is 1070 g/mol. The molecule has 0 radical (unpaired) electrons. The van der Waals surface area contributed by atoms with Crippen molar-refractivity contribution in [2.24, 2.45) is 0 Å². The third-order valence-corrected chi connectivity index (χ3v) is 13.2. The Morgan fingerprint density at radius 3 is 0.763 bits per heavy atom. The lowest BCUT2D eigenvalue weighted by molar-refractivity contribution is -0.138. The van der Waals surface area contributed by atoms with Crippen molar-refractivity contribution in [3.8, 4) is 23.0 Å². The normalized spacial score (nSPS) is 11.0. The summed E-state index contributed by atoms with van der Waals surface area (Å²) in [6, 6.07) is 11.2. The number of carbonyl (C=O) groups excluding carboxylic acids is 4. The minimum absolute atomic E-state index is 0.147. The molecule has 0 bridgehead atoms. The fourth-order valence-electron chi connectivity index (χ4n) is 8.65. The Balaban J connectivity index is 1.21. The van der Waals surface area contributed by atoms with Crippen LogP contribution in [0.4, 0.5) is 17.6 Å². The molecule has 0 amide bonds. The number of halogens is 4. The van der Waals surface area contributed by atoms with E-state index in [1.54, 1.807) is 0 Å². The maximum Gasteiger partial charge on any atom is 0.343 e. The van der Waals surface area contributed by atoms with Crippen LogP contribution in [0.1, 0.15) is 226 Å². The van der Waals surface area contributed by atoms with E-state index in [-0.39, 0.29) is 23.1 Å². The minimum atomic E-state index is -2.04. The van der Waals surface area contributed by atoms with Gasteiger partial charge in [0.25, 0.3) is 0 Å². The molecule has 0 saturated carbocycles. The lowest BCUT2D eigenvalue weighted by Crippen LogP contribution is -2.16. The van der Waals surface area contributed by atoms with Crippen LogP contribution in [-0.2, 0) is 19.1 Å². The third kappa shape index (κ3) is 28.5. The zero-order chi connectivity index (χ0) is 54.9. The first-order chi connectivity index (χ1) is 37.0. The van der Waals surface area contributed by atoms with E-state index in [1.165, 1.54) is 202 Å². The number of benzene rings is 3. The van der Waals surface area contributed by atoms with Crippen molar-refractivity contribution in [1.82, 2.24) is 0 Å². The number of unbranched alkanes of at least 4 members (excludes halogenated alkanes) is 30. The first kappa shape index (κ1) is 64.6. The molecule has 0 atom stereocenters. The van der Waals surface area contributed by atoms with Gasteiger partial charge >= 0.3 is 23.9 Å². The first-order valence-electron chi connectivity index (χ1n) is 28.4. The van der Waals surface area contributed by atoms with Gasteiger partial charge in [0.15, 0.2) is 0 Å².